The van der Waals surface area contributed by atoms with E-state index in [0.29, 0.717) is 31.0 Å². The fourth-order valence-corrected chi connectivity index (χ4v) is 5.42. The van der Waals surface area contributed by atoms with Crippen LogP contribution in [0.3, 0.4) is 0 Å². The standard InChI is InChI=1S/C34H33N7O/c1-2-25-15-16-31-29(20-25)21-30(34(42)36-31)32(33-37-38-39-41(33)19-17-26-10-5-3-6-11-26)40(23-27-12-7-4-8-13-27)24-28-14-9-18-35-22-28/h3-16,18,20-22,32H,2,17,19,23-24H2,1H3,(H,36,42)/t32-/m1/s1. The van der Waals surface area contributed by atoms with Gasteiger partial charge in [0.2, 0.25) is 0 Å². The van der Waals surface area contributed by atoms with Crippen LogP contribution >= 0.6 is 0 Å². The SMILES string of the molecule is CCc1ccc2[nH]c(=O)c([C@H](c3nnnn3CCc3ccccc3)N(Cc3ccccc3)Cc3cccnc3)cc2c1. The van der Waals surface area contributed by atoms with Crippen LogP contribution in [0.4, 0.5) is 0 Å². The summed E-state index contributed by atoms with van der Waals surface area (Å²) in [5.41, 5.74) is 5.83. The Labute approximate surface area is 244 Å². The van der Waals surface area contributed by atoms with Crippen LogP contribution < -0.4 is 5.56 Å². The van der Waals surface area contributed by atoms with Gasteiger partial charge in [-0.1, -0.05) is 79.7 Å². The van der Waals surface area contributed by atoms with Crippen molar-refractivity contribution < 1.29 is 0 Å². The van der Waals surface area contributed by atoms with E-state index in [4.69, 9.17) is 0 Å². The molecular weight excluding hydrogens is 522 g/mol. The Bertz CT molecular complexity index is 1760. The monoisotopic (exact) mass is 555 g/mol. The van der Waals surface area contributed by atoms with E-state index in [2.05, 4.69) is 79.8 Å². The number of pyridine rings is 2. The minimum atomic E-state index is -0.519. The van der Waals surface area contributed by atoms with Gasteiger partial charge in [0.05, 0.1) is 0 Å². The molecule has 210 valence electrons. The van der Waals surface area contributed by atoms with Crippen molar-refractivity contribution in [3.05, 3.63) is 153 Å². The quantitative estimate of drug-likeness (QED) is 0.227. The van der Waals surface area contributed by atoms with Gasteiger partial charge in [0.1, 0.15) is 6.04 Å². The van der Waals surface area contributed by atoms with E-state index in [-0.39, 0.29) is 5.56 Å². The number of aromatic amines is 1. The third-order valence-corrected chi connectivity index (χ3v) is 7.60. The fraction of sp³-hybridized carbons (Fsp3) is 0.206. The highest BCUT2D eigenvalue weighted by molar-refractivity contribution is 5.80. The van der Waals surface area contributed by atoms with Crippen molar-refractivity contribution in [3.63, 3.8) is 0 Å². The molecule has 0 unspecified atom stereocenters. The van der Waals surface area contributed by atoms with E-state index in [1.54, 1.807) is 6.20 Å². The second-order valence-corrected chi connectivity index (χ2v) is 10.5. The molecule has 0 bridgehead atoms. The summed E-state index contributed by atoms with van der Waals surface area (Å²) in [5.74, 6) is 0.627. The second-order valence-electron chi connectivity index (χ2n) is 10.5. The van der Waals surface area contributed by atoms with E-state index < -0.39 is 6.04 Å². The van der Waals surface area contributed by atoms with Gasteiger partial charge < -0.3 is 4.98 Å². The number of hydrogen-bond donors (Lipinski definition) is 1. The molecule has 0 amide bonds. The topological polar surface area (TPSA) is 92.6 Å². The highest BCUT2D eigenvalue weighted by atomic mass is 16.1. The lowest BCUT2D eigenvalue weighted by Gasteiger charge is -2.31. The molecule has 0 aliphatic rings. The van der Waals surface area contributed by atoms with Crippen molar-refractivity contribution in [1.29, 1.82) is 0 Å². The number of aryl methyl sites for hydroxylation is 3. The van der Waals surface area contributed by atoms with Crippen molar-refractivity contribution in [3.8, 4) is 0 Å². The molecule has 8 heteroatoms. The predicted octanol–water partition coefficient (Wildman–Crippen LogP) is 5.51. The molecule has 0 spiro atoms. The molecule has 42 heavy (non-hydrogen) atoms. The number of fused-ring (bicyclic) bond motifs is 1. The van der Waals surface area contributed by atoms with Gasteiger partial charge in [0.15, 0.2) is 5.82 Å². The summed E-state index contributed by atoms with van der Waals surface area (Å²) in [6.45, 7) is 3.84. The van der Waals surface area contributed by atoms with Gasteiger partial charge in [-0.25, -0.2) is 4.68 Å². The third kappa shape index (κ3) is 6.19. The molecule has 1 N–H and O–H groups in total. The summed E-state index contributed by atoms with van der Waals surface area (Å²) >= 11 is 0. The van der Waals surface area contributed by atoms with E-state index in [1.807, 2.05) is 65.5 Å². The molecule has 0 saturated carbocycles. The molecule has 6 aromatic rings. The Balaban J connectivity index is 1.49. The highest BCUT2D eigenvalue weighted by Gasteiger charge is 2.31. The average Bonchev–Trinajstić information content (AvgIpc) is 3.49. The Morgan fingerprint density at radius 2 is 1.57 bits per heavy atom. The summed E-state index contributed by atoms with van der Waals surface area (Å²) in [6.07, 6.45) is 5.31. The van der Waals surface area contributed by atoms with Gasteiger partial charge in [0.25, 0.3) is 5.56 Å². The maximum Gasteiger partial charge on any atom is 0.253 e. The number of H-pyrrole nitrogens is 1. The first-order valence-corrected chi connectivity index (χ1v) is 14.3. The van der Waals surface area contributed by atoms with Gasteiger partial charge in [-0.15, -0.1) is 5.10 Å². The van der Waals surface area contributed by atoms with E-state index in [9.17, 15) is 4.79 Å². The molecule has 1 atom stereocenters. The smallest absolute Gasteiger partial charge is 0.253 e. The van der Waals surface area contributed by atoms with Gasteiger partial charge in [0, 0.05) is 43.1 Å². The normalized spacial score (nSPS) is 12.1. The number of rotatable bonds is 11. The number of nitrogens with zero attached hydrogens (tertiary/aromatic N) is 6. The highest BCUT2D eigenvalue weighted by Crippen LogP contribution is 2.30. The maximum absolute atomic E-state index is 13.9. The Hall–Kier alpha value is -4.95. The van der Waals surface area contributed by atoms with Gasteiger partial charge in [-0.3, -0.25) is 14.7 Å². The maximum atomic E-state index is 13.9. The lowest BCUT2D eigenvalue weighted by Crippen LogP contribution is -2.35. The van der Waals surface area contributed by atoms with Gasteiger partial charge in [-0.05, 0) is 75.2 Å². The number of benzene rings is 3. The van der Waals surface area contributed by atoms with Crippen molar-refractivity contribution in [2.24, 2.45) is 0 Å². The summed E-state index contributed by atoms with van der Waals surface area (Å²) in [7, 11) is 0. The molecule has 0 aliphatic heterocycles. The van der Waals surface area contributed by atoms with Crippen molar-refractivity contribution in [1.82, 2.24) is 35.1 Å². The second kappa shape index (κ2) is 12.7. The van der Waals surface area contributed by atoms with E-state index >= 15 is 0 Å². The third-order valence-electron chi connectivity index (χ3n) is 7.60. The summed E-state index contributed by atoms with van der Waals surface area (Å²) in [5, 5.41) is 14.0. The molecule has 3 heterocycles. The number of nitrogens with one attached hydrogen (secondary N) is 1. The molecule has 0 fully saturated rings. The summed E-state index contributed by atoms with van der Waals surface area (Å²) < 4.78 is 1.84. The van der Waals surface area contributed by atoms with Gasteiger partial charge in [-0.2, -0.15) is 0 Å². The van der Waals surface area contributed by atoms with Crippen LogP contribution in [-0.4, -0.2) is 35.1 Å². The Kier molecular flexibility index (Phi) is 8.23. The number of hydrogen-bond acceptors (Lipinski definition) is 6. The van der Waals surface area contributed by atoms with Crippen LogP contribution in [0.5, 0.6) is 0 Å². The predicted molar refractivity (Wildman–Crippen MR) is 164 cm³/mol. The number of aromatic nitrogens is 6. The van der Waals surface area contributed by atoms with Crippen molar-refractivity contribution in [2.45, 2.75) is 45.4 Å². The number of tetrazole rings is 1. The zero-order chi connectivity index (χ0) is 28.7. The lowest BCUT2D eigenvalue weighted by atomic mass is 10.0. The minimum absolute atomic E-state index is 0.154. The zero-order valence-corrected chi connectivity index (χ0v) is 23.6. The molecule has 8 nitrogen and oxygen atoms in total. The van der Waals surface area contributed by atoms with Crippen LogP contribution in [-0.2, 0) is 32.5 Å². The largest absolute Gasteiger partial charge is 0.322 e. The van der Waals surface area contributed by atoms with Crippen molar-refractivity contribution >= 4 is 10.9 Å². The summed E-state index contributed by atoms with van der Waals surface area (Å²) in [6, 6.07) is 32.2. The molecule has 6 rings (SSSR count). The first-order valence-electron chi connectivity index (χ1n) is 14.3. The zero-order valence-electron chi connectivity index (χ0n) is 23.6. The lowest BCUT2D eigenvalue weighted by molar-refractivity contribution is 0.193. The van der Waals surface area contributed by atoms with Gasteiger partial charge >= 0.3 is 0 Å². The van der Waals surface area contributed by atoms with Crippen molar-refractivity contribution in [2.75, 3.05) is 0 Å². The first-order chi connectivity index (χ1) is 20.7. The molecule has 3 aromatic heterocycles. The Morgan fingerprint density at radius 3 is 2.31 bits per heavy atom. The molecular formula is C34H33N7O. The van der Waals surface area contributed by atoms with Crippen LogP contribution in [0.25, 0.3) is 10.9 Å². The first kappa shape index (κ1) is 27.2. The molecule has 3 aromatic carbocycles. The van der Waals surface area contributed by atoms with E-state index in [0.717, 1.165) is 34.9 Å². The molecule has 0 aliphatic carbocycles. The molecule has 0 saturated heterocycles. The Morgan fingerprint density at radius 1 is 0.833 bits per heavy atom. The molecule has 0 radical (unpaired) electrons. The van der Waals surface area contributed by atoms with Crippen LogP contribution in [0.1, 0.15) is 46.6 Å². The minimum Gasteiger partial charge on any atom is -0.322 e. The average molecular weight is 556 g/mol. The van der Waals surface area contributed by atoms with Crippen LogP contribution in [0.2, 0.25) is 0 Å². The fourth-order valence-electron chi connectivity index (χ4n) is 5.42. The van der Waals surface area contributed by atoms with Crippen LogP contribution in [0, 0.1) is 0 Å². The van der Waals surface area contributed by atoms with Crippen LogP contribution in [0.15, 0.2) is 114 Å². The summed E-state index contributed by atoms with van der Waals surface area (Å²) in [4.78, 5) is 23.6. The van der Waals surface area contributed by atoms with E-state index in [1.165, 1.54) is 11.1 Å².